The van der Waals surface area contributed by atoms with Crippen molar-refractivity contribution in [1.29, 1.82) is 10.8 Å². The normalized spacial score (nSPS) is 12.3. The topological polar surface area (TPSA) is 102 Å². The third kappa shape index (κ3) is 10.7. The van der Waals surface area contributed by atoms with Crippen molar-refractivity contribution in [1.82, 2.24) is 14.8 Å². The van der Waals surface area contributed by atoms with E-state index < -0.39 is 25.2 Å². The van der Waals surface area contributed by atoms with E-state index in [1.54, 1.807) is 41.1 Å². The zero-order valence-corrected chi connectivity index (χ0v) is 26.3. The summed E-state index contributed by atoms with van der Waals surface area (Å²) < 4.78 is 40.0. The van der Waals surface area contributed by atoms with E-state index in [0.717, 1.165) is 35.4 Å². The van der Waals surface area contributed by atoms with Gasteiger partial charge in [-0.15, -0.1) is 24.3 Å². The first kappa shape index (κ1) is 35.1. The van der Waals surface area contributed by atoms with Crippen molar-refractivity contribution in [3.05, 3.63) is 111 Å². The van der Waals surface area contributed by atoms with E-state index in [1.807, 2.05) is 31.2 Å². The van der Waals surface area contributed by atoms with Gasteiger partial charge >= 0.3 is 41.8 Å². The number of carbonyl (C=O) groups is 1. The van der Waals surface area contributed by atoms with Crippen molar-refractivity contribution in [3.63, 3.8) is 0 Å². The van der Waals surface area contributed by atoms with Crippen LogP contribution in [0.1, 0.15) is 54.5 Å². The Hall–Kier alpha value is -3.05. The van der Waals surface area contributed by atoms with Gasteiger partial charge in [0.15, 0.2) is 5.56 Å². The molecule has 0 radical (unpaired) electrons. The van der Waals surface area contributed by atoms with Gasteiger partial charge in [-0.05, 0) is 31.0 Å². The Kier molecular flexibility index (Phi) is 13.4. The molecule has 1 aromatic heterocycles. The second-order valence-electron chi connectivity index (χ2n) is 9.44. The number of urea groups is 1. The van der Waals surface area contributed by atoms with Crippen LogP contribution in [0.4, 0.5) is 18.0 Å². The Morgan fingerprint density at radius 2 is 1.79 bits per heavy atom. The van der Waals surface area contributed by atoms with Crippen molar-refractivity contribution in [3.8, 4) is 0 Å². The van der Waals surface area contributed by atoms with Gasteiger partial charge in [-0.3, -0.25) is 15.1 Å². The number of rotatable bonds is 8. The van der Waals surface area contributed by atoms with Crippen LogP contribution < -0.4 is 40.4 Å². The number of nitrogens with zero attached hydrogens (tertiary/aromatic N) is 2. The summed E-state index contributed by atoms with van der Waals surface area (Å²) in [6.07, 6.45) is -1.61. The summed E-state index contributed by atoms with van der Waals surface area (Å²) >= 11 is 5.65. The van der Waals surface area contributed by atoms with E-state index in [4.69, 9.17) is 22.4 Å². The molecule has 2 aromatic carbocycles. The van der Waals surface area contributed by atoms with Crippen molar-refractivity contribution in [2.24, 2.45) is 0 Å². The van der Waals surface area contributed by atoms with Crippen molar-refractivity contribution in [2.75, 3.05) is 13.1 Å². The van der Waals surface area contributed by atoms with E-state index in [0.29, 0.717) is 10.5 Å². The molecule has 12 heteroatoms. The molecule has 42 heavy (non-hydrogen) atoms. The van der Waals surface area contributed by atoms with Gasteiger partial charge in [0.1, 0.15) is 5.84 Å². The molecule has 218 valence electrons. The molecule has 0 bridgehead atoms. The van der Waals surface area contributed by atoms with Crippen molar-refractivity contribution in [2.45, 2.75) is 44.8 Å². The van der Waals surface area contributed by atoms with Gasteiger partial charge in [0.25, 0.3) is 0 Å². The molecule has 0 spiro atoms. The minimum atomic E-state index is -4.50. The Morgan fingerprint density at radius 3 is 2.29 bits per heavy atom. The molecule has 1 saturated carbocycles. The monoisotopic (exact) mass is 608 g/mol. The summed E-state index contributed by atoms with van der Waals surface area (Å²) in [5.74, 6) is -0.371. The number of halogens is 4. The van der Waals surface area contributed by atoms with Gasteiger partial charge in [-0.2, -0.15) is 48.9 Å². The fraction of sp³-hybridized carbons (Fsp3) is 0.300. The number of aryl methyl sites for hydroxylation is 1. The molecule has 1 fully saturated rings. The van der Waals surface area contributed by atoms with Crippen LogP contribution in [0.3, 0.4) is 0 Å². The quantitative estimate of drug-likeness (QED) is 0.158. The van der Waals surface area contributed by atoms with E-state index in [9.17, 15) is 22.8 Å². The van der Waals surface area contributed by atoms with E-state index >= 15 is 0 Å². The average molecular weight is 609 g/mol. The van der Waals surface area contributed by atoms with Crippen LogP contribution in [-0.2, 0) is 6.42 Å². The molecule has 0 aliphatic heterocycles. The molecular formula is C30H31ClF3N5NaO2-. The first-order chi connectivity index (χ1) is 19.4. The van der Waals surface area contributed by atoms with Gasteiger partial charge in [-0.1, -0.05) is 48.0 Å². The SMILES string of the molecule is CCc1ccc(C(=N)N(CCC(F)(F)F)C(=O)NCC(=N)c2[c-]c(=O)n(C3CC3)cc2)cc1.[CH2-]c1ccccc1Cl.[Na+]. The minimum absolute atomic E-state index is 0. The maximum Gasteiger partial charge on any atom is 1.00 e. The molecule has 0 unspecified atom stereocenters. The van der Waals surface area contributed by atoms with Crippen LogP contribution >= 0.6 is 11.6 Å². The Balaban J connectivity index is 0.000000591. The van der Waals surface area contributed by atoms with Crippen molar-refractivity contribution >= 4 is 29.2 Å². The number of pyridine rings is 1. The van der Waals surface area contributed by atoms with Gasteiger partial charge in [0.05, 0.1) is 6.42 Å². The van der Waals surface area contributed by atoms with E-state index in [2.05, 4.69) is 18.3 Å². The minimum Gasteiger partial charge on any atom is -0.367 e. The maximum atomic E-state index is 12.8. The number of aromatic nitrogens is 1. The number of hydrogen-bond donors (Lipinski definition) is 3. The van der Waals surface area contributed by atoms with Crippen LogP contribution in [0.25, 0.3) is 0 Å². The molecule has 1 aliphatic rings. The Labute approximate surface area is 270 Å². The van der Waals surface area contributed by atoms with Gasteiger partial charge in [0.2, 0.25) is 0 Å². The van der Waals surface area contributed by atoms with Gasteiger partial charge < -0.3 is 15.3 Å². The third-order valence-corrected chi connectivity index (χ3v) is 6.66. The molecule has 0 atom stereocenters. The fourth-order valence-corrected chi connectivity index (χ4v) is 3.86. The molecule has 3 aromatic rings. The standard InChI is InChI=1S/C23H25F3N5O2.C7H6Cl.Na/c1-2-15-3-5-16(6-4-15)21(28)31(12-10-23(24,25)26)22(33)29-14-19(27)17-9-11-30(18-7-8-18)20(32)13-17;1-6-4-2-3-5-7(6)8;/h3-6,9,11,18,27-28H,2,7-8,10,12,14H2,1H3,(H,29,33);2-5H,1H2;/q2*-1;+1. The molecular weight excluding hydrogens is 578 g/mol. The van der Waals surface area contributed by atoms with E-state index in [1.165, 1.54) is 0 Å². The van der Waals surface area contributed by atoms with Crippen LogP contribution in [0.2, 0.25) is 5.02 Å². The largest absolute Gasteiger partial charge is 1.00 e. The second kappa shape index (κ2) is 16.0. The van der Waals surface area contributed by atoms with Crippen LogP contribution in [0, 0.1) is 23.8 Å². The van der Waals surface area contributed by atoms with Gasteiger partial charge in [-0.25, -0.2) is 4.79 Å². The molecule has 3 N–H and O–H groups in total. The third-order valence-electron chi connectivity index (χ3n) is 6.29. The van der Waals surface area contributed by atoms with E-state index in [-0.39, 0.29) is 64.8 Å². The molecule has 1 aliphatic carbocycles. The van der Waals surface area contributed by atoms with Crippen LogP contribution in [-0.4, -0.2) is 46.3 Å². The predicted molar refractivity (Wildman–Crippen MR) is 154 cm³/mol. The predicted octanol–water partition coefficient (Wildman–Crippen LogP) is 3.43. The number of benzene rings is 2. The number of nitrogens with one attached hydrogen (secondary N) is 3. The summed E-state index contributed by atoms with van der Waals surface area (Å²) in [6.45, 7) is 4.57. The summed E-state index contributed by atoms with van der Waals surface area (Å²) in [6, 6.07) is 17.5. The first-order valence-corrected chi connectivity index (χ1v) is 13.4. The average Bonchev–Trinajstić information content (AvgIpc) is 3.78. The number of carbonyl (C=O) groups excluding carboxylic acids is 1. The summed E-state index contributed by atoms with van der Waals surface area (Å²) in [4.78, 5) is 25.5. The Morgan fingerprint density at radius 1 is 1.14 bits per heavy atom. The number of amidine groups is 1. The number of amides is 2. The molecule has 2 amide bonds. The van der Waals surface area contributed by atoms with Crippen LogP contribution in [0.5, 0.6) is 0 Å². The van der Waals surface area contributed by atoms with Gasteiger partial charge in [0, 0.05) is 24.7 Å². The Bertz CT molecular complexity index is 1420. The molecule has 7 nitrogen and oxygen atoms in total. The molecule has 0 saturated heterocycles. The van der Waals surface area contributed by atoms with Crippen molar-refractivity contribution < 1.29 is 47.5 Å². The molecule has 1 heterocycles. The summed E-state index contributed by atoms with van der Waals surface area (Å²) in [5, 5.41) is 19.5. The molecule has 4 rings (SSSR count). The second-order valence-corrected chi connectivity index (χ2v) is 9.85. The summed E-state index contributed by atoms with van der Waals surface area (Å²) in [7, 11) is 0. The van der Waals surface area contributed by atoms with Crippen LogP contribution in [0.15, 0.2) is 65.6 Å². The number of hydrogen-bond acceptors (Lipinski definition) is 4. The maximum absolute atomic E-state index is 12.8. The smallest absolute Gasteiger partial charge is 0.367 e. The first-order valence-electron chi connectivity index (χ1n) is 13.0. The summed E-state index contributed by atoms with van der Waals surface area (Å²) in [5.41, 5.74) is 1.90. The zero-order valence-electron chi connectivity index (χ0n) is 23.5. The zero-order chi connectivity index (χ0) is 30.2. The fourth-order valence-electron chi connectivity index (χ4n) is 3.72. The number of alkyl halides is 3.